The topological polar surface area (TPSA) is 112 Å². The number of carbonyl (C=O) groups is 1. The first kappa shape index (κ1) is 28.6. The van der Waals surface area contributed by atoms with Gasteiger partial charge in [-0.1, -0.05) is 18.7 Å². The highest BCUT2D eigenvalue weighted by Gasteiger charge is 2.30. The Balaban J connectivity index is 1.62. The van der Waals surface area contributed by atoms with Crippen molar-refractivity contribution in [2.75, 3.05) is 48.8 Å². The van der Waals surface area contributed by atoms with Crippen molar-refractivity contribution in [2.45, 2.75) is 19.5 Å². The minimum Gasteiger partial charge on any atom is -0.382 e. The van der Waals surface area contributed by atoms with E-state index in [0.29, 0.717) is 23.0 Å². The number of halogens is 3. The number of nitrogens with zero attached hydrogens (tertiary/aromatic N) is 5. The lowest BCUT2D eigenvalue weighted by molar-refractivity contribution is -0.137. The highest BCUT2D eigenvalue weighted by Crippen LogP contribution is 2.31. The van der Waals surface area contributed by atoms with Crippen LogP contribution < -0.4 is 21.3 Å². The number of amides is 1. The fraction of sp³-hybridized carbons (Fsp3) is 0.286. The molecule has 1 aromatic heterocycles. The summed E-state index contributed by atoms with van der Waals surface area (Å²) < 4.78 is 39.2. The third-order valence-corrected chi connectivity index (χ3v) is 6.44. The zero-order valence-corrected chi connectivity index (χ0v) is 22.3. The number of nitrogens with one attached hydrogen (secondary N) is 2. The number of anilines is 3. The van der Waals surface area contributed by atoms with Gasteiger partial charge in [-0.05, 0) is 69.0 Å². The number of aryl methyl sites for hydroxylation is 1. The summed E-state index contributed by atoms with van der Waals surface area (Å²) in [5, 5.41) is 5.50. The van der Waals surface area contributed by atoms with Crippen LogP contribution in [0.4, 0.5) is 36.2 Å². The molecular formula is C28H31F3N8O. The van der Waals surface area contributed by atoms with E-state index < -0.39 is 17.6 Å². The second kappa shape index (κ2) is 12.2. The first-order valence-electron chi connectivity index (χ1n) is 12.7. The van der Waals surface area contributed by atoms with Gasteiger partial charge in [-0.25, -0.2) is 15.0 Å². The van der Waals surface area contributed by atoms with Crippen LogP contribution in [0, 0.1) is 6.92 Å². The average Bonchev–Trinajstić information content (AvgIpc) is 3.14. The molecular weight excluding hydrogens is 521 g/mol. The average molecular weight is 553 g/mol. The molecule has 12 heteroatoms. The van der Waals surface area contributed by atoms with Gasteiger partial charge in [-0.2, -0.15) is 13.2 Å². The fourth-order valence-electron chi connectivity index (χ4n) is 4.21. The number of nitrogens with two attached hydrogens (primary N) is 1. The van der Waals surface area contributed by atoms with E-state index in [2.05, 4.69) is 44.0 Å². The molecule has 210 valence electrons. The second-order valence-corrected chi connectivity index (χ2v) is 9.46. The van der Waals surface area contributed by atoms with Gasteiger partial charge >= 0.3 is 6.18 Å². The number of rotatable bonds is 7. The molecule has 2 aromatic carbocycles. The summed E-state index contributed by atoms with van der Waals surface area (Å²) >= 11 is 0. The lowest BCUT2D eigenvalue weighted by Crippen LogP contribution is -2.31. The quantitative estimate of drug-likeness (QED) is 0.285. The van der Waals surface area contributed by atoms with Crippen LogP contribution in [0.1, 0.15) is 33.6 Å². The predicted molar refractivity (Wildman–Crippen MR) is 151 cm³/mol. The van der Waals surface area contributed by atoms with E-state index in [1.54, 1.807) is 18.3 Å². The zero-order chi connectivity index (χ0) is 28.9. The van der Waals surface area contributed by atoms with Crippen molar-refractivity contribution in [1.29, 1.82) is 0 Å². The maximum absolute atomic E-state index is 13.1. The van der Waals surface area contributed by atoms with E-state index in [1.807, 2.05) is 6.92 Å². The van der Waals surface area contributed by atoms with Crippen molar-refractivity contribution in [1.82, 2.24) is 14.9 Å². The van der Waals surface area contributed by atoms with Crippen molar-refractivity contribution in [3.05, 3.63) is 83.8 Å². The molecule has 0 spiro atoms. The number of hydrogen-bond donors (Lipinski definition) is 3. The molecule has 1 aliphatic rings. The minimum absolute atomic E-state index is 0.0262. The van der Waals surface area contributed by atoms with Crippen LogP contribution in [0.2, 0.25) is 0 Å². The Morgan fingerprint density at radius 2 is 1.95 bits per heavy atom. The molecule has 1 aliphatic heterocycles. The van der Waals surface area contributed by atoms with E-state index in [4.69, 9.17) is 10.7 Å². The van der Waals surface area contributed by atoms with E-state index in [-0.39, 0.29) is 17.1 Å². The Bertz CT molecular complexity index is 1420. The summed E-state index contributed by atoms with van der Waals surface area (Å²) in [4.78, 5) is 31.0. The normalized spacial score (nSPS) is 14.9. The van der Waals surface area contributed by atoms with Crippen molar-refractivity contribution in [3.63, 3.8) is 0 Å². The largest absolute Gasteiger partial charge is 0.416 e. The van der Waals surface area contributed by atoms with Crippen molar-refractivity contribution >= 4 is 34.8 Å². The van der Waals surface area contributed by atoms with Crippen LogP contribution in [-0.4, -0.2) is 59.8 Å². The first-order chi connectivity index (χ1) is 19.0. The van der Waals surface area contributed by atoms with Crippen LogP contribution in [-0.2, 0) is 6.18 Å². The molecule has 9 nitrogen and oxygen atoms in total. The maximum atomic E-state index is 13.1. The molecule has 0 radical (unpaired) electrons. The summed E-state index contributed by atoms with van der Waals surface area (Å²) in [7, 11) is 2.08. The smallest absolute Gasteiger partial charge is 0.382 e. The number of benzene rings is 2. The minimum atomic E-state index is -4.52. The number of hydrogen-bond acceptors (Lipinski definition) is 7. The van der Waals surface area contributed by atoms with Gasteiger partial charge in [-0.15, -0.1) is 0 Å². The Morgan fingerprint density at radius 1 is 1.15 bits per heavy atom. The summed E-state index contributed by atoms with van der Waals surface area (Å²) in [6, 6.07) is 9.23. The summed E-state index contributed by atoms with van der Waals surface area (Å²) in [6.45, 7) is 8.94. The molecule has 3 aromatic rings. The molecule has 1 fully saturated rings. The third kappa shape index (κ3) is 6.94. The molecule has 0 bridgehead atoms. The van der Waals surface area contributed by atoms with Crippen LogP contribution in [0.5, 0.6) is 0 Å². The Labute approximate surface area is 230 Å². The zero-order valence-electron chi connectivity index (χ0n) is 22.3. The number of carbonyl (C=O) groups excluding carboxylic acids is 1. The van der Waals surface area contributed by atoms with E-state index in [1.165, 1.54) is 24.4 Å². The van der Waals surface area contributed by atoms with Gasteiger partial charge in [0.15, 0.2) is 5.84 Å². The van der Waals surface area contributed by atoms with Crippen LogP contribution in [0.25, 0.3) is 0 Å². The monoisotopic (exact) mass is 552 g/mol. The highest BCUT2D eigenvalue weighted by molar-refractivity contribution is 6.06. The van der Waals surface area contributed by atoms with E-state index in [9.17, 15) is 18.0 Å². The van der Waals surface area contributed by atoms with Crippen LogP contribution in [0.15, 0.2) is 66.4 Å². The van der Waals surface area contributed by atoms with Crippen molar-refractivity contribution in [3.8, 4) is 0 Å². The predicted octanol–water partition coefficient (Wildman–Crippen LogP) is 4.79. The molecule has 1 amide bonds. The van der Waals surface area contributed by atoms with Gasteiger partial charge in [0.1, 0.15) is 5.69 Å². The summed E-state index contributed by atoms with van der Waals surface area (Å²) in [6.07, 6.45) is -0.435. The van der Waals surface area contributed by atoms with Crippen molar-refractivity contribution in [2.24, 2.45) is 10.7 Å². The Hall–Kier alpha value is -4.45. The van der Waals surface area contributed by atoms with Gasteiger partial charge in [0.05, 0.1) is 23.1 Å². The number of aliphatic imine (C=N–C) groups is 1. The lowest BCUT2D eigenvalue weighted by atomic mass is 10.1. The SMILES string of the molecule is C=CNc1cnc(N2CCCN(C)CC2)nc1C(N)=Nc1cc(C(=O)Nc2cccc(C(F)(F)F)c2)ccc1C. The summed E-state index contributed by atoms with van der Waals surface area (Å²) in [5.74, 6) is 0.0429. The molecule has 4 rings (SSSR count). The van der Waals surface area contributed by atoms with E-state index in [0.717, 1.165) is 50.3 Å². The van der Waals surface area contributed by atoms with Crippen molar-refractivity contribution < 1.29 is 18.0 Å². The summed E-state index contributed by atoms with van der Waals surface area (Å²) in [5.41, 5.74) is 7.86. The molecule has 4 N–H and O–H groups in total. The molecule has 0 atom stereocenters. The number of amidine groups is 1. The van der Waals surface area contributed by atoms with Crippen LogP contribution in [0.3, 0.4) is 0 Å². The van der Waals surface area contributed by atoms with Gasteiger partial charge < -0.3 is 26.2 Å². The standard InChI is InChI=1S/C28H31F3N8O/c1-4-33-23-17-34-27(39-12-6-11-38(3)13-14-39)37-24(23)25(32)36-22-15-19(10-9-18(22)2)26(40)35-21-8-5-7-20(16-21)28(29,30)31/h4-5,7-10,15-17,33H,1,6,11-14H2,2-3H3,(H2,32,36)(H,35,40). The number of aromatic nitrogens is 2. The molecule has 1 saturated heterocycles. The molecule has 0 aliphatic carbocycles. The van der Waals surface area contributed by atoms with Gasteiger partial charge in [0.2, 0.25) is 5.95 Å². The van der Waals surface area contributed by atoms with Crippen LogP contribution >= 0.6 is 0 Å². The maximum Gasteiger partial charge on any atom is 0.416 e. The lowest BCUT2D eigenvalue weighted by Gasteiger charge is -2.21. The van der Waals surface area contributed by atoms with E-state index >= 15 is 0 Å². The number of alkyl halides is 3. The third-order valence-electron chi connectivity index (χ3n) is 6.44. The molecule has 0 saturated carbocycles. The second-order valence-electron chi connectivity index (χ2n) is 9.46. The highest BCUT2D eigenvalue weighted by atomic mass is 19.4. The number of likely N-dealkylation sites (N-methyl/N-ethyl adjacent to an activating group) is 1. The molecule has 2 heterocycles. The Kier molecular flexibility index (Phi) is 8.68. The molecule has 0 unspecified atom stereocenters. The fourth-order valence-corrected chi connectivity index (χ4v) is 4.21. The van der Waals surface area contributed by atoms with Gasteiger partial charge in [0.25, 0.3) is 5.91 Å². The Morgan fingerprint density at radius 3 is 2.70 bits per heavy atom. The van der Waals surface area contributed by atoms with Gasteiger partial charge in [-0.3, -0.25) is 4.79 Å². The van der Waals surface area contributed by atoms with Gasteiger partial charge in [0, 0.05) is 30.9 Å². The molecule has 40 heavy (non-hydrogen) atoms. The first-order valence-corrected chi connectivity index (χ1v) is 12.7.